The second kappa shape index (κ2) is 9.93. The molecular weight excluding hydrogens is 406 g/mol. The Labute approximate surface area is 180 Å². The van der Waals surface area contributed by atoms with Crippen LogP contribution in [0.2, 0.25) is 0 Å². The van der Waals surface area contributed by atoms with Gasteiger partial charge in [-0.3, -0.25) is 14.2 Å². The molecule has 0 spiro atoms. The topological polar surface area (TPSA) is 80.1 Å². The summed E-state index contributed by atoms with van der Waals surface area (Å²) < 4.78 is 2.31. The van der Waals surface area contributed by atoms with Crippen LogP contribution >= 0.6 is 23.1 Å². The van der Waals surface area contributed by atoms with E-state index in [9.17, 15) is 9.59 Å². The molecule has 7 nitrogen and oxygen atoms in total. The van der Waals surface area contributed by atoms with Crippen LogP contribution in [-0.4, -0.2) is 45.3 Å². The normalized spacial score (nSPS) is 16.3. The molecule has 1 atom stereocenters. The van der Waals surface area contributed by atoms with Crippen molar-refractivity contribution in [3.63, 3.8) is 0 Å². The summed E-state index contributed by atoms with van der Waals surface area (Å²) >= 11 is 2.76. The van der Waals surface area contributed by atoms with Gasteiger partial charge < -0.3 is 10.2 Å². The highest BCUT2D eigenvalue weighted by molar-refractivity contribution is 7.99. The molecule has 1 amide bonds. The van der Waals surface area contributed by atoms with Crippen LogP contribution in [0.5, 0.6) is 0 Å². The van der Waals surface area contributed by atoms with Crippen LogP contribution in [0.1, 0.15) is 53.4 Å². The molecule has 3 rings (SSSR count). The fraction of sp³-hybridized carbons (Fsp3) is 0.700. The Morgan fingerprint density at radius 1 is 1.31 bits per heavy atom. The molecule has 1 aliphatic heterocycles. The lowest BCUT2D eigenvalue weighted by atomic mass is 10.00. The number of hydrogen-bond donors (Lipinski definition) is 1. The molecule has 0 aromatic carbocycles. The summed E-state index contributed by atoms with van der Waals surface area (Å²) in [6.45, 7) is 10.9. The number of carbonyl (C=O) groups excluding carboxylic acids is 1. The molecule has 1 N–H and O–H groups in total. The summed E-state index contributed by atoms with van der Waals surface area (Å²) in [5.41, 5.74) is 0.460. The van der Waals surface area contributed by atoms with Gasteiger partial charge in [0.05, 0.1) is 5.75 Å². The Morgan fingerprint density at radius 2 is 2.03 bits per heavy atom. The minimum Gasteiger partial charge on any atom is -0.353 e. The standard InChI is InChI=1S/C20H31N5O2S2/c1-5-9-25-18(27)16-17(22-19(29-16)24-10-7-13(3)8-11-24)23-20(25)28-12-15(26)21-14(4)6-2/h13-14H,5-12H2,1-4H3,(H,21,26)/t14-/m1/s1. The van der Waals surface area contributed by atoms with E-state index in [1.54, 1.807) is 4.57 Å². The number of hydrogen-bond acceptors (Lipinski definition) is 7. The number of amides is 1. The predicted octanol–water partition coefficient (Wildman–Crippen LogP) is 3.51. The highest BCUT2D eigenvalue weighted by Crippen LogP contribution is 2.30. The molecule has 0 radical (unpaired) electrons. The van der Waals surface area contributed by atoms with Gasteiger partial charge in [-0.15, -0.1) is 0 Å². The van der Waals surface area contributed by atoms with Gasteiger partial charge >= 0.3 is 0 Å². The van der Waals surface area contributed by atoms with Gasteiger partial charge in [-0.1, -0.05) is 43.9 Å². The van der Waals surface area contributed by atoms with Crippen molar-refractivity contribution in [2.24, 2.45) is 5.92 Å². The Kier molecular flexibility index (Phi) is 7.56. The Balaban J connectivity index is 1.85. The van der Waals surface area contributed by atoms with Crippen molar-refractivity contribution in [3.05, 3.63) is 10.4 Å². The minimum atomic E-state index is -0.0455. The molecular formula is C20H31N5O2S2. The van der Waals surface area contributed by atoms with Gasteiger partial charge in [-0.25, -0.2) is 4.98 Å². The van der Waals surface area contributed by atoms with E-state index in [4.69, 9.17) is 0 Å². The van der Waals surface area contributed by atoms with Gasteiger partial charge in [-0.2, -0.15) is 4.98 Å². The van der Waals surface area contributed by atoms with Gasteiger partial charge in [-0.05, 0) is 38.5 Å². The summed E-state index contributed by atoms with van der Waals surface area (Å²) in [4.78, 5) is 36.9. The van der Waals surface area contributed by atoms with Crippen molar-refractivity contribution in [1.82, 2.24) is 19.9 Å². The monoisotopic (exact) mass is 437 g/mol. The fourth-order valence-electron chi connectivity index (χ4n) is 3.29. The maximum Gasteiger partial charge on any atom is 0.273 e. The quantitative estimate of drug-likeness (QED) is 0.503. The van der Waals surface area contributed by atoms with Crippen molar-refractivity contribution in [2.45, 2.75) is 71.1 Å². The van der Waals surface area contributed by atoms with Crippen molar-refractivity contribution < 1.29 is 4.79 Å². The van der Waals surface area contributed by atoms with E-state index in [-0.39, 0.29) is 23.3 Å². The summed E-state index contributed by atoms with van der Waals surface area (Å²) in [7, 11) is 0. The number of carbonyl (C=O) groups is 1. The van der Waals surface area contributed by atoms with Crippen LogP contribution in [0, 0.1) is 5.92 Å². The third-order valence-corrected chi connectivity index (χ3v) is 7.39. The molecule has 2 aromatic rings. The lowest BCUT2D eigenvalue weighted by molar-refractivity contribution is -0.119. The molecule has 3 heterocycles. The summed E-state index contributed by atoms with van der Waals surface area (Å²) in [6.07, 6.45) is 4.01. The highest BCUT2D eigenvalue weighted by atomic mass is 32.2. The van der Waals surface area contributed by atoms with Crippen LogP contribution in [0.4, 0.5) is 5.13 Å². The van der Waals surface area contributed by atoms with E-state index in [0.29, 0.717) is 22.0 Å². The van der Waals surface area contributed by atoms with Crippen LogP contribution in [0.25, 0.3) is 10.3 Å². The number of piperidine rings is 1. The molecule has 1 aliphatic rings. The molecule has 160 valence electrons. The first-order chi connectivity index (χ1) is 13.9. The first-order valence-electron chi connectivity index (χ1n) is 10.5. The van der Waals surface area contributed by atoms with E-state index in [1.165, 1.54) is 23.1 Å². The number of rotatable bonds is 8. The maximum absolute atomic E-state index is 13.1. The van der Waals surface area contributed by atoms with Crippen molar-refractivity contribution >= 4 is 44.5 Å². The van der Waals surface area contributed by atoms with Crippen LogP contribution in [0.15, 0.2) is 9.95 Å². The maximum atomic E-state index is 13.1. The molecule has 1 saturated heterocycles. The van der Waals surface area contributed by atoms with Gasteiger partial charge in [0, 0.05) is 25.7 Å². The highest BCUT2D eigenvalue weighted by Gasteiger charge is 2.22. The van der Waals surface area contributed by atoms with Gasteiger partial charge in [0.2, 0.25) is 5.91 Å². The SMILES string of the molecule is CCCn1c(SCC(=O)N[C@H](C)CC)nc2nc(N3CCC(C)CC3)sc2c1=O. The zero-order valence-corrected chi connectivity index (χ0v) is 19.4. The predicted molar refractivity (Wildman–Crippen MR) is 121 cm³/mol. The molecule has 0 bridgehead atoms. The summed E-state index contributed by atoms with van der Waals surface area (Å²) in [5, 5.41) is 4.42. The lowest BCUT2D eigenvalue weighted by Crippen LogP contribution is -2.33. The summed E-state index contributed by atoms with van der Waals surface area (Å²) in [5.74, 6) is 0.945. The molecule has 0 saturated carbocycles. The van der Waals surface area contributed by atoms with Gasteiger partial charge in [0.15, 0.2) is 15.9 Å². The van der Waals surface area contributed by atoms with E-state index >= 15 is 0 Å². The first-order valence-corrected chi connectivity index (χ1v) is 12.3. The average molecular weight is 438 g/mol. The number of fused-ring (bicyclic) bond motifs is 1. The molecule has 0 unspecified atom stereocenters. The molecule has 9 heteroatoms. The first kappa shape index (κ1) is 22.1. The zero-order chi connectivity index (χ0) is 21.0. The molecule has 1 fully saturated rings. The smallest absolute Gasteiger partial charge is 0.273 e. The van der Waals surface area contributed by atoms with Crippen molar-refractivity contribution in [2.75, 3.05) is 23.7 Å². The van der Waals surface area contributed by atoms with E-state index in [0.717, 1.165) is 49.8 Å². The number of anilines is 1. The van der Waals surface area contributed by atoms with Crippen LogP contribution < -0.4 is 15.8 Å². The number of thioether (sulfide) groups is 1. The average Bonchev–Trinajstić information content (AvgIpc) is 3.13. The third kappa shape index (κ3) is 5.31. The lowest BCUT2D eigenvalue weighted by Gasteiger charge is -2.29. The minimum absolute atomic E-state index is 0.0388. The van der Waals surface area contributed by atoms with Crippen LogP contribution in [0.3, 0.4) is 0 Å². The second-order valence-corrected chi connectivity index (χ2v) is 9.76. The van der Waals surface area contributed by atoms with E-state index < -0.39 is 0 Å². The molecule has 2 aromatic heterocycles. The fourth-order valence-corrected chi connectivity index (χ4v) is 5.12. The number of nitrogens with zero attached hydrogens (tertiary/aromatic N) is 4. The Bertz CT molecular complexity index is 902. The van der Waals surface area contributed by atoms with Gasteiger partial charge in [0.1, 0.15) is 4.70 Å². The van der Waals surface area contributed by atoms with Crippen LogP contribution in [-0.2, 0) is 11.3 Å². The number of thiazole rings is 1. The molecule has 29 heavy (non-hydrogen) atoms. The summed E-state index contributed by atoms with van der Waals surface area (Å²) in [6, 6.07) is 0.143. The van der Waals surface area contributed by atoms with E-state index in [2.05, 4.69) is 27.1 Å². The molecule has 0 aliphatic carbocycles. The third-order valence-electron chi connectivity index (χ3n) is 5.32. The number of aromatic nitrogens is 3. The van der Waals surface area contributed by atoms with Crippen molar-refractivity contribution in [3.8, 4) is 0 Å². The number of nitrogens with one attached hydrogen (secondary N) is 1. The largest absolute Gasteiger partial charge is 0.353 e. The van der Waals surface area contributed by atoms with E-state index in [1.807, 2.05) is 20.8 Å². The Hall–Kier alpha value is -1.61. The zero-order valence-electron chi connectivity index (χ0n) is 17.7. The van der Waals surface area contributed by atoms with Gasteiger partial charge in [0.25, 0.3) is 5.56 Å². The van der Waals surface area contributed by atoms with Crippen molar-refractivity contribution in [1.29, 1.82) is 0 Å². The Morgan fingerprint density at radius 3 is 2.69 bits per heavy atom. The second-order valence-electron chi connectivity index (χ2n) is 7.84.